The van der Waals surface area contributed by atoms with Gasteiger partial charge in [0, 0.05) is 12.1 Å². The highest BCUT2D eigenvalue weighted by Gasteiger charge is 2.11. The second kappa shape index (κ2) is 7.20. The molecule has 0 spiro atoms. The number of carbonyl (C=O) groups is 1. The molecular weight excluding hydrogens is 262 g/mol. The maximum Gasteiger partial charge on any atom is 0.290 e. The molecule has 2 rings (SSSR count). The van der Waals surface area contributed by atoms with Crippen LogP contribution in [0.1, 0.15) is 24.5 Å². The lowest BCUT2D eigenvalue weighted by atomic mass is 10.1. The van der Waals surface area contributed by atoms with Crippen molar-refractivity contribution in [3.05, 3.63) is 59.9 Å². The van der Waals surface area contributed by atoms with Crippen molar-refractivity contribution in [1.82, 2.24) is 0 Å². The normalized spacial score (nSPS) is 9.90. The predicted octanol–water partition coefficient (Wildman–Crippen LogP) is 2.44. The van der Waals surface area contributed by atoms with Crippen LogP contribution in [0.5, 0.6) is 0 Å². The highest BCUT2D eigenvalue weighted by Crippen LogP contribution is 2.13. The van der Waals surface area contributed by atoms with Gasteiger partial charge in [-0.05, 0) is 24.1 Å². The average molecular weight is 280 g/mol. The predicted molar refractivity (Wildman–Crippen MR) is 80.4 cm³/mol. The molecule has 1 heterocycles. The highest BCUT2D eigenvalue weighted by atomic mass is 16.1. The molecule has 4 heteroatoms. The molecule has 2 aromatic rings. The molecule has 1 aromatic carbocycles. The Morgan fingerprint density at radius 1 is 1.24 bits per heavy atom. The zero-order valence-electron chi connectivity index (χ0n) is 12.0. The Balaban J connectivity index is 2.00. The van der Waals surface area contributed by atoms with Gasteiger partial charge in [0.15, 0.2) is 12.4 Å². The van der Waals surface area contributed by atoms with E-state index in [1.807, 2.05) is 29.1 Å². The Morgan fingerprint density at radius 3 is 2.62 bits per heavy atom. The monoisotopic (exact) mass is 280 g/mol. The molecule has 1 aromatic heterocycles. The van der Waals surface area contributed by atoms with E-state index in [0.29, 0.717) is 11.3 Å². The Hall–Kier alpha value is -2.67. The number of carbonyl (C=O) groups excluding carboxylic acids is 1. The molecular formula is C17H18N3O+. The molecule has 1 N–H and O–H groups in total. The van der Waals surface area contributed by atoms with E-state index in [-0.39, 0.29) is 12.5 Å². The zero-order chi connectivity index (χ0) is 15.1. The number of para-hydroxylation sites is 1. The standard InChI is InChI=1S/C17H17N3O/c1-2-5-14-8-10-20(11-9-14)13-17(21)19-16-7-4-3-6-15(16)12-18/h3-4,6-11H,2,5,13H2,1H3/p+1. The van der Waals surface area contributed by atoms with Crippen LogP contribution in [0.4, 0.5) is 5.69 Å². The van der Waals surface area contributed by atoms with Crippen molar-refractivity contribution in [1.29, 1.82) is 5.26 Å². The maximum absolute atomic E-state index is 12.0. The quantitative estimate of drug-likeness (QED) is 0.855. The third kappa shape index (κ3) is 4.15. The minimum atomic E-state index is -0.147. The maximum atomic E-state index is 12.0. The summed E-state index contributed by atoms with van der Waals surface area (Å²) in [6.45, 7) is 2.37. The molecule has 1 amide bonds. The van der Waals surface area contributed by atoms with Gasteiger partial charge in [-0.15, -0.1) is 0 Å². The van der Waals surface area contributed by atoms with Crippen LogP contribution in [0, 0.1) is 11.3 Å². The van der Waals surface area contributed by atoms with Gasteiger partial charge in [0.05, 0.1) is 11.3 Å². The number of amides is 1. The second-order valence-corrected chi connectivity index (χ2v) is 4.83. The summed E-state index contributed by atoms with van der Waals surface area (Å²) in [5.41, 5.74) is 2.28. The lowest BCUT2D eigenvalue weighted by Crippen LogP contribution is -2.39. The van der Waals surface area contributed by atoms with E-state index in [4.69, 9.17) is 5.26 Å². The number of benzene rings is 1. The van der Waals surface area contributed by atoms with Crippen molar-refractivity contribution in [3.8, 4) is 6.07 Å². The average Bonchev–Trinajstić information content (AvgIpc) is 2.50. The summed E-state index contributed by atoms with van der Waals surface area (Å²) >= 11 is 0. The first-order valence-corrected chi connectivity index (χ1v) is 7.00. The van der Waals surface area contributed by atoms with E-state index in [0.717, 1.165) is 12.8 Å². The van der Waals surface area contributed by atoms with Crippen LogP contribution in [0.25, 0.3) is 0 Å². The zero-order valence-corrected chi connectivity index (χ0v) is 12.0. The first kappa shape index (κ1) is 14.7. The summed E-state index contributed by atoms with van der Waals surface area (Å²) in [5.74, 6) is -0.147. The number of hydrogen-bond donors (Lipinski definition) is 1. The fourth-order valence-corrected chi connectivity index (χ4v) is 2.09. The number of aryl methyl sites for hydroxylation is 1. The first-order chi connectivity index (χ1) is 10.2. The van der Waals surface area contributed by atoms with Gasteiger partial charge < -0.3 is 5.32 Å². The molecule has 0 saturated heterocycles. The SMILES string of the molecule is CCCc1cc[n+](CC(=O)Nc2ccccc2C#N)cc1. The first-order valence-electron chi connectivity index (χ1n) is 7.00. The van der Waals surface area contributed by atoms with Crippen molar-refractivity contribution < 1.29 is 9.36 Å². The van der Waals surface area contributed by atoms with Crippen LogP contribution in [0.15, 0.2) is 48.8 Å². The van der Waals surface area contributed by atoms with Crippen molar-refractivity contribution in [3.63, 3.8) is 0 Å². The van der Waals surface area contributed by atoms with Crippen LogP contribution in [-0.2, 0) is 17.8 Å². The molecule has 0 atom stereocenters. The van der Waals surface area contributed by atoms with E-state index in [1.165, 1.54) is 5.56 Å². The molecule has 0 radical (unpaired) electrons. The van der Waals surface area contributed by atoms with Gasteiger partial charge in [-0.1, -0.05) is 25.5 Å². The van der Waals surface area contributed by atoms with Crippen molar-refractivity contribution in [2.45, 2.75) is 26.3 Å². The van der Waals surface area contributed by atoms with Gasteiger partial charge in [0.25, 0.3) is 5.91 Å². The van der Waals surface area contributed by atoms with Crippen LogP contribution in [0.3, 0.4) is 0 Å². The Bertz CT molecular complexity index is 656. The van der Waals surface area contributed by atoms with Gasteiger partial charge in [0.2, 0.25) is 6.54 Å². The fourth-order valence-electron chi connectivity index (χ4n) is 2.09. The number of hydrogen-bond acceptors (Lipinski definition) is 2. The lowest BCUT2D eigenvalue weighted by molar-refractivity contribution is -0.684. The van der Waals surface area contributed by atoms with E-state index >= 15 is 0 Å². The molecule has 0 saturated carbocycles. The minimum absolute atomic E-state index is 0.147. The Labute approximate surface area is 124 Å². The van der Waals surface area contributed by atoms with Gasteiger partial charge in [-0.25, -0.2) is 0 Å². The fraction of sp³-hybridized carbons (Fsp3) is 0.235. The van der Waals surface area contributed by atoms with Gasteiger partial charge in [-0.3, -0.25) is 4.79 Å². The van der Waals surface area contributed by atoms with E-state index in [2.05, 4.69) is 18.3 Å². The number of aromatic nitrogens is 1. The number of nitrogens with zero attached hydrogens (tertiary/aromatic N) is 2. The third-order valence-electron chi connectivity index (χ3n) is 3.15. The number of pyridine rings is 1. The summed E-state index contributed by atoms with van der Waals surface area (Å²) in [6, 6.07) is 13.1. The van der Waals surface area contributed by atoms with E-state index in [1.54, 1.807) is 24.3 Å². The van der Waals surface area contributed by atoms with Crippen LogP contribution in [-0.4, -0.2) is 5.91 Å². The third-order valence-corrected chi connectivity index (χ3v) is 3.15. The van der Waals surface area contributed by atoms with Crippen LogP contribution < -0.4 is 9.88 Å². The minimum Gasteiger partial charge on any atom is -0.319 e. The van der Waals surface area contributed by atoms with E-state index < -0.39 is 0 Å². The Morgan fingerprint density at radius 2 is 1.95 bits per heavy atom. The molecule has 106 valence electrons. The van der Waals surface area contributed by atoms with Gasteiger partial charge in [0.1, 0.15) is 6.07 Å². The molecule has 0 fully saturated rings. The summed E-state index contributed by atoms with van der Waals surface area (Å²) in [6.07, 6.45) is 5.96. The summed E-state index contributed by atoms with van der Waals surface area (Å²) < 4.78 is 1.82. The number of nitrogens with one attached hydrogen (secondary N) is 1. The van der Waals surface area contributed by atoms with Gasteiger partial charge in [-0.2, -0.15) is 9.83 Å². The molecule has 21 heavy (non-hydrogen) atoms. The number of rotatable bonds is 5. The van der Waals surface area contributed by atoms with Crippen molar-refractivity contribution in [2.75, 3.05) is 5.32 Å². The molecule has 0 bridgehead atoms. The molecule has 0 aliphatic heterocycles. The molecule has 4 nitrogen and oxygen atoms in total. The smallest absolute Gasteiger partial charge is 0.290 e. The summed E-state index contributed by atoms with van der Waals surface area (Å²) in [5, 5.41) is 11.8. The van der Waals surface area contributed by atoms with Crippen LogP contribution >= 0.6 is 0 Å². The molecule has 0 aliphatic rings. The van der Waals surface area contributed by atoms with Crippen molar-refractivity contribution in [2.24, 2.45) is 0 Å². The number of anilines is 1. The summed E-state index contributed by atoms with van der Waals surface area (Å²) in [4.78, 5) is 12.0. The van der Waals surface area contributed by atoms with Gasteiger partial charge >= 0.3 is 0 Å². The largest absolute Gasteiger partial charge is 0.319 e. The topological polar surface area (TPSA) is 56.8 Å². The van der Waals surface area contributed by atoms with Crippen LogP contribution in [0.2, 0.25) is 0 Å². The Kier molecular flexibility index (Phi) is 5.05. The second-order valence-electron chi connectivity index (χ2n) is 4.83. The molecule has 0 aliphatic carbocycles. The number of nitriles is 1. The lowest BCUT2D eigenvalue weighted by Gasteiger charge is -2.05. The molecule has 0 unspecified atom stereocenters. The van der Waals surface area contributed by atoms with Crippen molar-refractivity contribution >= 4 is 11.6 Å². The summed E-state index contributed by atoms with van der Waals surface area (Å²) in [7, 11) is 0. The van der Waals surface area contributed by atoms with E-state index in [9.17, 15) is 4.79 Å². The highest BCUT2D eigenvalue weighted by molar-refractivity contribution is 5.91.